The van der Waals surface area contributed by atoms with Gasteiger partial charge < -0.3 is 0 Å². The summed E-state index contributed by atoms with van der Waals surface area (Å²) in [7, 11) is 0. The van der Waals surface area contributed by atoms with Gasteiger partial charge in [-0.15, -0.1) is 0 Å². The van der Waals surface area contributed by atoms with Crippen LogP contribution in [0.2, 0.25) is 0 Å². The Morgan fingerprint density at radius 1 is 0.947 bits per heavy atom. The molecule has 0 fully saturated rings. The highest BCUT2D eigenvalue weighted by Crippen LogP contribution is 2.26. The van der Waals surface area contributed by atoms with Crippen molar-refractivity contribution in [1.29, 1.82) is 0 Å². The minimum absolute atomic E-state index is 0.199. The highest BCUT2D eigenvalue weighted by molar-refractivity contribution is 5.40. The molecule has 2 aromatic carbocycles. The van der Waals surface area contributed by atoms with E-state index in [2.05, 4.69) is 31.4 Å². The number of hydrogen-bond donors (Lipinski definition) is 2. The molecule has 0 radical (unpaired) electrons. The number of halogens is 1. The fourth-order valence-electron chi connectivity index (χ4n) is 2.23. The number of hydrogen-bond acceptors (Lipinski definition) is 2. The molecule has 0 amide bonds. The molecule has 0 aliphatic carbocycles. The van der Waals surface area contributed by atoms with Crippen LogP contribution in [0.1, 0.15) is 33.9 Å². The molecule has 0 bridgehead atoms. The molecule has 1 atom stereocenters. The highest BCUT2D eigenvalue weighted by atomic mass is 19.1. The smallest absolute Gasteiger partial charge is 0.123 e. The topological polar surface area (TPSA) is 38.0 Å². The first-order chi connectivity index (χ1) is 9.02. The van der Waals surface area contributed by atoms with Crippen LogP contribution in [0.4, 0.5) is 4.39 Å². The predicted molar refractivity (Wildman–Crippen MR) is 76.2 cm³/mol. The number of hydrazine groups is 1. The Morgan fingerprint density at radius 2 is 1.63 bits per heavy atom. The molecule has 3 N–H and O–H groups in total. The number of aryl methyl sites for hydroxylation is 3. The molecule has 19 heavy (non-hydrogen) atoms. The average Bonchev–Trinajstić information content (AvgIpc) is 2.38. The van der Waals surface area contributed by atoms with E-state index in [0.717, 1.165) is 16.7 Å². The largest absolute Gasteiger partial charge is 0.271 e. The minimum Gasteiger partial charge on any atom is -0.271 e. The lowest BCUT2D eigenvalue weighted by Crippen LogP contribution is -2.29. The van der Waals surface area contributed by atoms with Crippen LogP contribution in [0.3, 0.4) is 0 Å². The summed E-state index contributed by atoms with van der Waals surface area (Å²) in [6.07, 6.45) is 0. The normalized spacial score (nSPS) is 12.5. The summed E-state index contributed by atoms with van der Waals surface area (Å²) in [6.45, 7) is 6.09. The van der Waals surface area contributed by atoms with E-state index in [1.54, 1.807) is 6.07 Å². The van der Waals surface area contributed by atoms with Crippen molar-refractivity contribution in [2.24, 2.45) is 5.84 Å². The summed E-state index contributed by atoms with van der Waals surface area (Å²) in [5, 5.41) is 0. The van der Waals surface area contributed by atoms with Crippen LogP contribution in [0.5, 0.6) is 0 Å². The highest BCUT2D eigenvalue weighted by Gasteiger charge is 2.15. The van der Waals surface area contributed by atoms with Crippen molar-refractivity contribution in [3.63, 3.8) is 0 Å². The molecule has 2 aromatic rings. The predicted octanol–water partition coefficient (Wildman–Crippen LogP) is 3.30. The van der Waals surface area contributed by atoms with E-state index in [0.29, 0.717) is 0 Å². The summed E-state index contributed by atoms with van der Waals surface area (Å²) in [6, 6.07) is 10.7. The maximum atomic E-state index is 13.4. The number of nitrogens with two attached hydrogens (primary N) is 1. The van der Waals surface area contributed by atoms with Crippen LogP contribution in [0.15, 0.2) is 36.4 Å². The second-order valence-electron chi connectivity index (χ2n) is 4.94. The van der Waals surface area contributed by atoms with E-state index in [1.165, 1.54) is 23.3 Å². The van der Waals surface area contributed by atoms with Gasteiger partial charge in [-0.25, -0.2) is 9.82 Å². The fourth-order valence-corrected chi connectivity index (χ4v) is 2.23. The maximum absolute atomic E-state index is 13.4. The molecule has 0 aromatic heterocycles. The Kier molecular flexibility index (Phi) is 3.98. The standard InChI is InChI=1S/C16H19FN2/c1-10-4-6-13(8-12(10)3)16(19-18)15-9-14(17)7-5-11(15)2/h4-9,16,19H,18H2,1-3H3. The quantitative estimate of drug-likeness (QED) is 0.655. The van der Waals surface area contributed by atoms with Crippen molar-refractivity contribution in [2.45, 2.75) is 26.8 Å². The van der Waals surface area contributed by atoms with Crippen molar-refractivity contribution in [1.82, 2.24) is 5.43 Å². The summed E-state index contributed by atoms with van der Waals surface area (Å²) in [5.41, 5.74) is 8.14. The third-order valence-electron chi connectivity index (χ3n) is 3.58. The first-order valence-electron chi connectivity index (χ1n) is 6.32. The zero-order valence-corrected chi connectivity index (χ0v) is 11.5. The second-order valence-corrected chi connectivity index (χ2v) is 4.94. The lowest BCUT2D eigenvalue weighted by molar-refractivity contribution is 0.602. The minimum atomic E-state index is -0.246. The Hall–Kier alpha value is -1.71. The van der Waals surface area contributed by atoms with Gasteiger partial charge in [-0.2, -0.15) is 0 Å². The Morgan fingerprint density at radius 3 is 2.26 bits per heavy atom. The Bertz CT molecular complexity index is 593. The fraction of sp³-hybridized carbons (Fsp3) is 0.250. The van der Waals surface area contributed by atoms with Crippen molar-refractivity contribution in [3.8, 4) is 0 Å². The van der Waals surface area contributed by atoms with E-state index in [9.17, 15) is 4.39 Å². The summed E-state index contributed by atoms with van der Waals surface area (Å²) in [5.74, 6) is 5.43. The van der Waals surface area contributed by atoms with Gasteiger partial charge in [0.25, 0.3) is 0 Å². The third kappa shape index (κ3) is 2.83. The van der Waals surface area contributed by atoms with E-state index < -0.39 is 0 Å². The van der Waals surface area contributed by atoms with E-state index >= 15 is 0 Å². The van der Waals surface area contributed by atoms with E-state index in [4.69, 9.17) is 5.84 Å². The van der Waals surface area contributed by atoms with Gasteiger partial charge in [-0.1, -0.05) is 24.3 Å². The molecule has 100 valence electrons. The molecule has 0 saturated carbocycles. The molecule has 3 heteroatoms. The van der Waals surface area contributed by atoms with Gasteiger partial charge in [0.05, 0.1) is 6.04 Å². The SMILES string of the molecule is Cc1ccc(C(NN)c2cc(F)ccc2C)cc1C. The zero-order chi connectivity index (χ0) is 14.0. The summed E-state index contributed by atoms with van der Waals surface area (Å²) in [4.78, 5) is 0. The molecular formula is C16H19FN2. The van der Waals surface area contributed by atoms with E-state index in [-0.39, 0.29) is 11.9 Å². The lowest BCUT2D eigenvalue weighted by Gasteiger charge is -2.20. The maximum Gasteiger partial charge on any atom is 0.123 e. The van der Waals surface area contributed by atoms with Crippen LogP contribution < -0.4 is 11.3 Å². The first kappa shape index (κ1) is 13.7. The van der Waals surface area contributed by atoms with Gasteiger partial charge in [-0.05, 0) is 60.7 Å². The summed E-state index contributed by atoms with van der Waals surface area (Å²) >= 11 is 0. The zero-order valence-electron chi connectivity index (χ0n) is 11.5. The number of rotatable bonds is 3. The monoisotopic (exact) mass is 258 g/mol. The van der Waals surface area contributed by atoms with Gasteiger partial charge in [-0.3, -0.25) is 5.84 Å². The van der Waals surface area contributed by atoms with Crippen molar-refractivity contribution >= 4 is 0 Å². The van der Waals surface area contributed by atoms with Gasteiger partial charge in [0.2, 0.25) is 0 Å². The van der Waals surface area contributed by atoms with Crippen molar-refractivity contribution in [2.75, 3.05) is 0 Å². The molecule has 1 unspecified atom stereocenters. The van der Waals surface area contributed by atoms with Crippen LogP contribution in [0.25, 0.3) is 0 Å². The molecule has 0 aliphatic rings. The molecule has 0 aliphatic heterocycles. The van der Waals surface area contributed by atoms with Crippen molar-refractivity contribution < 1.29 is 4.39 Å². The Balaban J connectivity index is 2.49. The molecule has 2 nitrogen and oxygen atoms in total. The number of benzene rings is 2. The Labute approximate surface area is 113 Å². The van der Waals surface area contributed by atoms with Crippen LogP contribution in [0, 0.1) is 26.6 Å². The molecular weight excluding hydrogens is 239 g/mol. The molecule has 0 heterocycles. The van der Waals surface area contributed by atoms with Gasteiger partial charge in [0.15, 0.2) is 0 Å². The van der Waals surface area contributed by atoms with Gasteiger partial charge >= 0.3 is 0 Å². The molecule has 0 saturated heterocycles. The van der Waals surface area contributed by atoms with Gasteiger partial charge in [0.1, 0.15) is 5.82 Å². The average molecular weight is 258 g/mol. The lowest BCUT2D eigenvalue weighted by atomic mass is 9.93. The molecule has 0 spiro atoms. The van der Waals surface area contributed by atoms with Gasteiger partial charge in [0, 0.05) is 0 Å². The third-order valence-corrected chi connectivity index (χ3v) is 3.58. The number of nitrogens with one attached hydrogen (secondary N) is 1. The first-order valence-corrected chi connectivity index (χ1v) is 6.32. The summed E-state index contributed by atoms with van der Waals surface area (Å²) < 4.78 is 13.4. The van der Waals surface area contributed by atoms with Crippen molar-refractivity contribution in [3.05, 3.63) is 70.0 Å². The second kappa shape index (κ2) is 5.51. The van der Waals surface area contributed by atoms with Crippen LogP contribution in [-0.2, 0) is 0 Å². The molecule has 2 rings (SSSR count). The van der Waals surface area contributed by atoms with Crippen LogP contribution in [-0.4, -0.2) is 0 Å². The van der Waals surface area contributed by atoms with E-state index in [1.807, 2.05) is 13.0 Å². The van der Waals surface area contributed by atoms with Crippen LogP contribution >= 0.6 is 0 Å².